The summed E-state index contributed by atoms with van der Waals surface area (Å²) in [7, 11) is 0. The molecule has 1 aromatic heterocycles. The fourth-order valence-electron chi connectivity index (χ4n) is 9.20. The average molecular weight is 1140 g/mol. The van der Waals surface area contributed by atoms with Gasteiger partial charge in [-0.3, -0.25) is 52.7 Å². The van der Waals surface area contributed by atoms with E-state index in [1.807, 2.05) is 13.8 Å². The number of amides is 10. The number of aliphatic hydroxyl groups excluding tert-OH is 1. The Morgan fingerprint density at radius 2 is 1.18 bits per heavy atom. The first-order valence-corrected chi connectivity index (χ1v) is 26.8. The Morgan fingerprint density at radius 3 is 1.78 bits per heavy atom. The van der Waals surface area contributed by atoms with Crippen LogP contribution in [0.4, 0.5) is 0 Å². The molecule has 1 fully saturated rings. The number of carbonyl (C=O) groups excluding carboxylic acids is 10. The smallest absolute Gasteiger partial charge is 0.322 e. The van der Waals surface area contributed by atoms with E-state index in [-0.39, 0.29) is 50.3 Å². The number of aliphatic hydroxyl groups is 1. The second-order valence-electron chi connectivity index (χ2n) is 20.8. The van der Waals surface area contributed by atoms with E-state index < -0.39 is 138 Å². The van der Waals surface area contributed by atoms with Crippen LogP contribution >= 0.6 is 0 Å². The van der Waals surface area contributed by atoms with Crippen molar-refractivity contribution >= 4 is 75.9 Å². The normalized spacial score (nSPS) is 16.3. The van der Waals surface area contributed by atoms with Crippen molar-refractivity contribution in [3.63, 3.8) is 0 Å². The molecule has 442 valence electrons. The minimum absolute atomic E-state index is 0.0407. The standard InChI is InChI=1S/C56H74N12O14/c1-29(2)22-43(66-48(74)30(3)57)56(82)68-21-11-16-44(68)54(80)65-40(24-34-17-19-36(70)20-18-34)51(77)63-41(25-35-27-59-38-15-10-9-14-37(35)38)52(78)64-42(26-45(58)71)53(79)62-39(23-33-12-7-6-8-13-33)50(76)61-31(4)49(75)67-47(32(5)69)55(81)60-28-46(72)73/h6-10,12-15,17-20,27,29-32,39-44,47,59,69-70H,11,16,21-26,28,57H2,1-5H3,(H2,58,71)(H,60,81)(H,61,76)(H,62,79)(H,63,77)(H,64,78)(H,65,80)(H,66,74)(H,67,75)(H,72,73)/t30-,31-,32+,39-,40-,41-,42-,43-,44-,47-/m0/s1. The van der Waals surface area contributed by atoms with Gasteiger partial charge >= 0.3 is 5.97 Å². The van der Waals surface area contributed by atoms with Crippen molar-refractivity contribution in [1.29, 1.82) is 0 Å². The zero-order valence-electron chi connectivity index (χ0n) is 46.2. The first kappa shape index (κ1) is 63.9. The van der Waals surface area contributed by atoms with Crippen LogP contribution < -0.4 is 54.0 Å². The lowest BCUT2D eigenvalue weighted by Crippen LogP contribution is -2.61. The molecule has 0 saturated carbocycles. The van der Waals surface area contributed by atoms with E-state index in [0.29, 0.717) is 34.0 Å². The lowest BCUT2D eigenvalue weighted by molar-refractivity contribution is -0.142. The summed E-state index contributed by atoms with van der Waals surface area (Å²) in [6.45, 7) is 6.98. The average Bonchev–Trinajstić information content (AvgIpc) is 4.14. The number of primary amides is 1. The van der Waals surface area contributed by atoms with Gasteiger partial charge < -0.3 is 79.2 Å². The van der Waals surface area contributed by atoms with E-state index in [2.05, 4.69) is 47.5 Å². The highest BCUT2D eigenvalue weighted by atomic mass is 16.4. The fourth-order valence-corrected chi connectivity index (χ4v) is 9.20. The summed E-state index contributed by atoms with van der Waals surface area (Å²) in [5.41, 5.74) is 13.6. The molecule has 4 aromatic rings. The first-order chi connectivity index (χ1) is 38.8. The summed E-state index contributed by atoms with van der Waals surface area (Å²) >= 11 is 0. The summed E-state index contributed by atoms with van der Waals surface area (Å²) < 4.78 is 0. The topological polar surface area (TPSA) is 416 Å². The molecule has 0 radical (unpaired) electrons. The van der Waals surface area contributed by atoms with E-state index in [1.165, 1.54) is 49.9 Å². The molecule has 10 atom stereocenters. The van der Waals surface area contributed by atoms with Crippen LogP contribution in [0.25, 0.3) is 10.9 Å². The van der Waals surface area contributed by atoms with Gasteiger partial charge in [0.15, 0.2) is 0 Å². The molecule has 5 rings (SSSR count). The number of aromatic amines is 1. The molecular formula is C56H74N12O14. The Kier molecular flexibility index (Phi) is 23.4. The molecule has 0 spiro atoms. The minimum Gasteiger partial charge on any atom is -0.508 e. The number of aromatic hydroxyl groups is 1. The molecule has 0 bridgehead atoms. The number of H-pyrrole nitrogens is 1. The monoisotopic (exact) mass is 1140 g/mol. The molecule has 2 heterocycles. The molecule has 10 amide bonds. The number of carboxylic acid groups (broad SMARTS) is 1. The molecule has 16 N–H and O–H groups in total. The molecule has 26 nitrogen and oxygen atoms in total. The van der Waals surface area contributed by atoms with Crippen molar-refractivity contribution in [2.24, 2.45) is 17.4 Å². The van der Waals surface area contributed by atoms with Gasteiger partial charge in [0, 0.05) is 42.9 Å². The molecule has 1 aliphatic heterocycles. The van der Waals surface area contributed by atoms with Crippen LogP contribution in [0.15, 0.2) is 85.1 Å². The molecule has 1 saturated heterocycles. The Balaban J connectivity index is 1.43. The van der Waals surface area contributed by atoms with Gasteiger partial charge in [-0.05, 0) is 80.8 Å². The van der Waals surface area contributed by atoms with Crippen LogP contribution in [0.1, 0.15) is 77.0 Å². The van der Waals surface area contributed by atoms with E-state index >= 15 is 0 Å². The largest absolute Gasteiger partial charge is 0.508 e. The number of fused-ring (bicyclic) bond motifs is 1. The predicted molar refractivity (Wildman–Crippen MR) is 297 cm³/mol. The fraction of sp³-hybridized carbons (Fsp3) is 0.446. The third-order valence-corrected chi connectivity index (χ3v) is 13.5. The highest BCUT2D eigenvalue weighted by Crippen LogP contribution is 2.23. The van der Waals surface area contributed by atoms with Crippen molar-refractivity contribution in [2.45, 2.75) is 140 Å². The molecular weight excluding hydrogens is 1060 g/mol. The molecule has 1 aliphatic rings. The maximum Gasteiger partial charge on any atom is 0.322 e. The number of rotatable bonds is 29. The number of nitrogens with one attached hydrogen (secondary N) is 9. The van der Waals surface area contributed by atoms with E-state index in [4.69, 9.17) is 16.6 Å². The van der Waals surface area contributed by atoms with Gasteiger partial charge in [0.2, 0.25) is 59.1 Å². The first-order valence-electron chi connectivity index (χ1n) is 26.8. The van der Waals surface area contributed by atoms with Crippen LogP contribution in [0.5, 0.6) is 5.75 Å². The van der Waals surface area contributed by atoms with Crippen LogP contribution in [-0.2, 0) is 72.0 Å². The highest BCUT2D eigenvalue weighted by molar-refractivity contribution is 6.00. The van der Waals surface area contributed by atoms with Gasteiger partial charge in [-0.1, -0.05) is 74.5 Å². The number of nitrogens with two attached hydrogens (primary N) is 2. The second-order valence-corrected chi connectivity index (χ2v) is 20.8. The maximum absolute atomic E-state index is 14.8. The number of hydrogen-bond donors (Lipinski definition) is 14. The summed E-state index contributed by atoms with van der Waals surface area (Å²) in [6.07, 6.45) is -0.481. The van der Waals surface area contributed by atoms with E-state index in [0.717, 1.165) is 0 Å². The van der Waals surface area contributed by atoms with Crippen molar-refractivity contribution in [3.8, 4) is 5.75 Å². The number of benzene rings is 3. The molecule has 3 aromatic carbocycles. The number of hydrogen-bond acceptors (Lipinski definition) is 14. The van der Waals surface area contributed by atoms with Gasteiger partial charge in [0.25, 0.3) is 0 Å². The number of carbonyl (C=O) groups is 11. The Bertz CT molecular complexity index is 2930. The zero-order valence-corrected chi connectivity index (χ0v) is 46.2. The molecule has 0 aliphatic carbocycles. The van der Waals surface area contributed by atoms with Gasteiger partial charge in [-0.15, -0.1) is 0 Å². The highest BCUT2D eigenvalue weighted by Gasteiger charge is 2.40. The number of likely N-dealkylation sites (tertiary alicyclic amines) is 1. The number of phenolic OH excluding ortho intramolecular Hbond substituents is 1. The van der Waals surface area contributed by atoms with Crippen LogP contribution in [0, 0.1) is 5.92 Å². The van der Waals surface area contributed by atoms with Crippen LogP contribution in [0.3, 0.4) is 0 Å². The number of aliphatic carboxylic acids is 1. The quantitative estimate of drug-likeness (QED) is 0.0284. The van der Waals surface area contributed by atoms with Crippen molar-refractivity contribution in [1.82, 2.24) is 52.4 Å². The summed E-state index contributed by atoms with van der Waals surface area (Å²) in [5, 5.41) is 50.0. The van der Waals surface area contributed by atoms with Crippen molar-refractivity contribution in [3.05, 3.63) is 102 Å². The van der Waals surface area contributed by atoms with Crippen LogP contribution in [0.2, 0.25) is 0 Å². The SMILES string of the molecule is CC(C)C[C@H](NC(=O)[C@H](C)N)C(=O)N1CCC[C@H]1C(=O)N[C@@H](Cc1ccc(O)cc1)C(=O)N[C@@H](Cc1c[nH]c2ccccc12)C(=O)N[C@@H](CC(N)=O)C(=O)N[C@@H](Cc1ccccc1)C(=O)N[C@@H](C)C(=O)N[C@H](C(=O)NCC(=O)O)[C@@H](C)O. The number of aromatic nitrogens is 1. The lowest BCUT2D eigenvalue weighted by Gasteiger charge is -2.31. The summed E-state index contributed by atoms with van der Waals surface area (Å²) in [6, 6.07) is 8.78. The summed E-state index contributed by atoms with van der Waals surface area (Å²) in [4.78, 5) is 153. The van der Waals surface area contributed by atoms with Crippen LogP contribution in [-0.4, -0.2) is 164 Å². The van der Waals surface area contributed by atoms with Gasteiger partial charge in [-0.2, -0.15) is 0 Å². The minimum atomic E-state index is -1.80. The second kappa shape index (κ2) is 30.1. The number of carboxylic acids is 1. The maximum atomic E-state index is 14.8. The van der Waals surface area contributed by atoms with Gasteiger partial charge in [0.05, 0.1) is 18.6 Å². The number of para-hydroxylation sites is 1. The zero-order chi connectivity index (χ0) is 60.4. The molecule has 82 heavy (non-hydrogen) atoms. The third kappa shape index (κ3) is 18.9. The van der Waals surface area contributed by atoms with E-state index in [9.17, 15) is 63.0 Å². The number of nitrogens with zero attached hydrogens (tertiary/aromatic N) is 1. The molecule has 0 unspecified atom stereocenters. The Labute approximate surface area is 473 Å². The Morgan fingerprint density at radius 1 is 0.634 bits per heavy atom. The Hall–Kier alpha value is -8.91. The lowest BCUT2D eigenvalue weighted by atomic mass is 10.0. The van der Waals surface area contributed by atoms with Gasteiger partial charge in [-0.25, -0.2) is 0 Å². The van der Waals surface area contributed by atoms with Gasteiger partial charge in [0.1, 0.15) is 60.6 Å². The predicted octanol–water partition coefficient (Wildman–Crippen LogP) is -1.84. The molecule has 26 heteroatoms. The summed E-state index contributed by atoms with van der Waals surface area (Å²) in [5.74, 6) is -10.3. The van der Waals surface area contributed by atoms with E-state index in [1.54, 1.807) is 60.8 Å². The third-order valence-electron chi connectivity index (χ3n) is 13.5. The van der Waals surface area contributed by atoms with Crippen molar-refractivity contribution in [2.75, 3.05) is 13.1 Å². The van der Waals surface area contributed by atoms with Crippen molar-refractivity contribution < 1.29 is 68.1 Å². The number of phenols is 1.